The SMILES string of the molecule is CCCCCCCCCCCCCCCC/C=C/CC/C=C/CC/C=C/C(O)C(COP(=O)(O)OCC[N+](C)(C)C)NC(=O)CCCCCCCCCCCCCCCCCCCCCCCCCCCCCCCC. The van der Waals surface area contributed by atoms with Gasteiger partial charge in [0.25, 0.3) is 0 Å². The molecule has 0 aliphatic rings. The largest absolute Gasteiger partial charge is 0.472 e. The number of aliphatic hydroxyl groups excluding tert-OH is 1. The predicted octanol–water partition coefficient (Wildman–Crippen LogP) is 20.9. The normalized spacial score (nSPS) is 13.9. The Kier molecular flexibility index (Phi) is 57.4. The van der Waals surface area contributed by atoms with Crippen molar-refractivity contribution in [2.75, 3.05) is 40.9 Å². The molecule has 0 radical (unpaired) electrons. The van der Waals surface area contributed by atoms with Gasteiger partial charge in [-0.15, -0.1) is 0 Å². The van der Waals surface area contributed by atoms with Gasteiger partial charge in [-0.05, 0) is 44.9 Å². The van der Waals surface area contributed by atoms with Crippen LogP contribution in [0.3, 0.4) is 0 Å². The Balaban J connectivity index is 4.12. The van der Waals surface area contributed by atoms with E-state index in [-0.39, 0.29) is 19.1 Å². The zero-order valence-electron chi connectivity index (χ0n) is 51.5. The first-order valence-electron chi connectivity index (χ1n) is 33.4. The van der Waals surface area contributed by atoms with Gasteiger partial charge < -0.3 is 19.8 Å². The Morgan fingerprint density at radius 2 is 0.724 bits per heavy atom. The quantitative estimate of drug-likeness (QED) is 0.0243. The van der Waals surface area contributed by atoms with Crippen LogP contribution in [-0.4, -0.2) is 73.4 Å². The highest BCUT2D eigenvalue weighted by Gasteiger charge is 2.28. The van der Waals surface area contributed by atoms with Gasteiger partial charge >= 0.3 is 7.82 Å². The summed E-state index contributed by atoms with van der Waals surface area (Å²) in [5, 5.41) is 14.0. The van der Waals surface area contributed by atoms with E-state index in [2.05, 4.69) is 43.5 Å². The van der Waals surface area contributed by atoms with Crippen molar-refractivity contribution in [3.05, 3.63) is 36.5 Å². The van der Waals surface area contributed by atoms with Gasteiger partial charge in [0.1, 0.15) is 13.2 Å². The van der Waals surface area contributed by atoms with Crippen LogP contribution in [-0.2, 0) is 18.4 Å². The summed E-state index contributed by atoms with van der Waals surface area (Å²) in [5.74, 6) is -0.184. The number of hydrogen-bond acceptors (Lipinski definition) is 5. The zero-order chi connectivity index (χ0) is 55.6. The van der Waals surface area contributed by atoms with E-state index in [0.29, 0.717) is 17.4 Å². The summed E-state index contributed by atoms with van der Waals surface area (Å²) in [6, 6.07) is -0.869. The number of phosphoric ester groups is 1. The van der Waals surface area contributed by atoms with E-state index in [1.807, 2.05) is 27.2 Å². The highest BCUT2D eigenvalue weighted by Crippen LogP contribution is 2.43. The summed E-state index contributed by atoms with van der Waals surface area (Å²) in [6.07, 6.45) is 77.2. The van der Waals surface area contributed by atoms with Crippen LogP contribution in [0.5, 0.6) is 0 Å². The average Bonchev–Trinajstić information content (AvgIpc) is 3.38. The maximum atomic E-state index is 13.0. The Hall–Kier alpha value is -1.28. The van der Waals surface area contributed by atoms with E-state index in [4.69, 9.17) is 9.05 Å². The van der Waals surface area contributed by atoms with Crippen LogP contribution >= 0.6 is 7.82 Å². The molecule has 3 N–H and O–H groups in total. The Bertz CT molecular complexity index is 1330. The second-order valence-electron chi connectivity index (χ2n) is 24.2. The maximum Gasteiger partial charge on any atom is 0.472 e. The minimum Gasteiger partial charge on any atom is -0.387 e. The van der Waals surface area contributed by atoms with Crippen molar-refractivity contribution < 1.29 is 32.9 Å². The molecule has 0 saturated heterocycles. The third-order valence-corrected chi connectivity index (χ3v) is 16.3. The molecule has 0 spiro atoms. The predicted molar refractivity (Wildman–Crippen MR) is 332 cm³/mol. The lowest BCUT2D eigenvalue weighted by Gasteiger charge is -2.25. The molecule has 3 unspecified atom stereocenters. The number of phosphoric acid groups is 1. The summed E-state index contributed by atoms with van der Waals surface area (Å²) in [5.41, 5.74) is 0. The van der Waals surface area contributed by atoms with Crippen LogP contribution in [0.25, 0.3) is 0 Å². The number of likely N-dealkylation sites (N-methyl/N-ethyl adjacent to an activating group) is 1. The number of allylic oxidation sites excluding steroid dienone is 5. The van der Waals surface area contributed by atoms with Crippen LogP contribution in [0.4, 0.5) is 0 Å². The van der Waals surface area contributed by atoms with Gasteiger partial charge in [0.05, 0.1) is 39.9 Å². The van der Waals surface area contributed by atoms with Gasteiger partial charge in [-0.3, -0.25) is 13.8 Å². The number of quaternary nitrogens is 1. The lowest BCUT2D eigenvalue weighted by molar-refractivity contribution is -0.870. The molecule has 0 aromatic carbocycles. The minimum atomic E-state index is -4.36. The fourth-order valence-electron chi connectivity index (χ4n) is 10.1. The van der Waals surface area contributed by atoms with Gasteiger partial charge in [-0.2, -0.15) is 0 Å². The molecule has 0 rings (SSSR count). The third kappa shape index (κ3) is 60.4. The molecule has 3 atom stereocenters. The van der Waals surface area contributed by atoms with Crippen LogP contribution in [0, 0.1) is 0 Å². The molecule has 1 amide bonds. The van der Waals surface area contributed by atoms with E-state index < -0.39 is 20.0 Å². The van der Waals surface area contributed by atoms with Crippen molar-refractivity contribution in [3.8, 4) is 0 Å². The Morgan fingerprint density at radius 3 is 1.05 bits per heavy atom. The number of rotatable bonds is 62. The smallest absolute Gasteiger partial charge is 0.387 e. The molecule has 0 aliphatic carbocycles. The maximum absolute atomic E-state index is 13.0. The van der Waals surface area contributed by atoms with E-state index in [9.17, 15) is 19.4 Å². The molecule has 0 aliphatic heterocycles. The van der Waals surface area contributed by atoms with Crippen LogP contribution < -0.4 is 5.32 Å². The lowest BCUT2D eigenvalue weighted by Crippen LogP contribution is -2.45. The minimum absolute atomic E-state index is 0.0553. The van der Waals surface area contributed by atoms with Crippen molar-refractivity contribution in [1.82, 2.24) is 5.32 Å². The highest BCUT2D eigenvalue weighted by molar-refractivity contribution is 7.47. The third-order valence-electron chi connectivity index (χ3n) is 15.3. The zero-order valence-corrected chi connectivity index (χ0v) is 52.4. The van der Waals surface area contributed by atoms with Gasteiger partial charge in [-0.1, -0.05) is 320 Å². The molecule has 0 aromatic rings. The standard InChI is InChI=1S/C67H131N2O6P/c1-6-8-10-12-14-16-18-20-22-24-26-28-30-32-33-34-35-36-37-39-41-43-45-47-49-51-53-55-57-59-61-67(71)68-65(64-75-76(72,73)74-63-62-69(3,4)5)66(70)60-58-56-54-52-50-48-46-44-42-40-38-31-29-27-25-23-21-19-17-15-13-11-9-7-2/h42,44,50,52,58,60,65-66,70H,6-41,43,45-49,51,53-57,59,61-64H2,1-5H3,(H-,68,71,72,73)/p+1/b44-42+,52-50+,60-58+. The molecular formula is C67H132N2O6P+. The first kappa shape index (κ1) is 74.7. The molecule has 0 saturated carbocycles. The molecule has 0 bridgehead atoms. The van der Waals surface area contributed by atoms with Crippen LogP contribution in [0.1, 0.15) is 335 Å². The number of amides is 1. The molecule has 450 valence electrons. The number of carbonyl (C=O) groups is 1. The van der Waals surface area contributed by atoms with E-state index in [1.54, 1.807) is 6.08 Å². The molecule has 0 aromatic heterocycles. The number of carbonyl (C=O) groups excluding carboxylic acids is 1. The van der Waals surface area contributed by atoms with Crippen molar-refractivity contribution in [2.24, 2.45) is 0 Å². The second kappa shape index (κ2) is 58.4. The van der Waals surface area contributed by atoms with Crippen molar-refractivity contribution in [2.45, 2.75) is 347 Å². The fourth-order valence-corrected chi connectivity index (χ4v) is 10.9. The highest BCUT2D eigenvalue weighted by atomic mass is 31.2. The molecule has 76 heavy (non-hydrogen) atoms. The average molecular weight is 1090 g/mol. The Morgan fingerprint density at radius 1 is 0.434 bits per heavy atom. The number of nitrogens with one attached hydrogen (secondary N) is 1. The van der Waals surface area contributed by atoms with Gasteiger partial charge in [0, 0.05) is 6.42 Å². The molecular weight excluding hydrogens is 960 g/mol. The van der Waals surface area contributed by atoms with E-state index >= 15 is 0 Å². The number of hydrogen-bond donors (Lipinski definition) is 3. The summed E-state index contributed by atoms with van der Waals surface area (Å²) < 4.78 is 23.8. The Labute approximate surface area is 474 Å². The van der Waals surface area contributed by atoms with Gasteiger partial charge in [0.2, 0.25) is 5.91 Å². The van der Waals surface area contributed by atoms with Gasteiger partial charge in [0.15, 0.2) is 0 Å². The summed E-state index contributed by atoms with van der Waals surface area (Å²) in [7, 11) is 1.56. The van der Waals surface area contributed by atoms with E-state index in [1.165, 1.54) is 270 Å². The van der Waals surface area contributed by atoms with Crippen molar-refractivity contribution >= 4 is 13.7 Å². The fraction of sp³-hybridized carbons (Fsp3) is 0.896. The molecule has 0 fully saturated rings. The monoisotopic (exact) mass is 1090 g/mol. The van der Waals surface area contributed by atoms with Gasteiger partial charge in [-0.25, -0.2) is 4.57 Å². The van der Waals surface area contributed by atoms with Crippen molar-refractivity contribution in [3.63, 3.8) is 0 Å². The van der Waals surface area contributed by atoms with E-state index in [0.717, 1.165) is 44.9 Å². The summed E-state index contributed by atoms with van der Waals surface area (Å²) >= 11 is 0. The van der Waals surface area contributed by atoms with Crippen molar-refractivity contribution in [1.29, 1.82) is 0 Å². The number of unbranched alkanes of at least 4 members (excludes halogenated alkanes) is 45. The summed E-state index contributed by atoms with van der Waals surface area (Å²) in [6.45, 7) is 4.84. The molecule has 8 nitrogen and oxygen atoms in total. The molecule has 9 heteroatoms. The molecule has 0 heterocycles. The topological polar surface area (TPSA) is 105 Å². The second-order valence-corrected chi connectivity index (χ2v) is 25.6. The summed E-state index contributed by atoms with van der Waals surface area (Å²) in [4.78, 5) is 23.4. The first-order valence-corrected chi connectivity index (χ1v) is 34.9. The number of aliphatic hydroxyl groups is 1. The number of nitrogens with zero attached hydrogens (tertiary/aromatic N) is 1. The van der Waals surface area contributed by atoms with Crippen LogP contribution in [0.15, 0.2) is 36.5 Å². The van der Waals surface area contributed by atoms with Crippen LogP contribution in [0.2, 0.25) is 0 Å². The lowest BCUT2D eigenvalue weighted by atomic mass is 10.0. The first-order chi connectivity index (χ1) is 37.0.